The zero-order valence-corrected chi connectivity index (χ0v) is 35.6. The number of hydrogen-bond donors (Lipinski definition) is 1. The molecule has 10 rings (SSSR count). The molecule has 2 aromatic heterocycles. The van der Waals surface area contributed by atoms with Crippen molar-refractivity contribution < 1.29 is 4.74 Å². The molecule has 0 bridgehead atoms. The van der Waals surface area contributed by atoms with Crippen LogP contribution in [0.5, 0.6) is 11.5 Å². The van der Waals surface area contributed by atoms with Crippen molar-refractivity contribution in [2.45, 2.75) is 45.9 Å². The van der Waals surface area contributed by atoms with Crippen molar-refractivity contribution >= 4 is 62.2 Å². The van der Waals surface area contributed by atoms with Crippen molar-refractivity contribution in [2.75, 3.05) is 17.3 Å². The minimum atomic E-state index is -0.00637. The van der Waals surface area contributed by atoms with E-state index in [2.05, 4.69) is 220 Å². The molecule has 1 aliphatic heterocycles. The SMILES string of the molecule is CC(C)B1c2cccc3c2c2c1cc(Oc1cccc(Nc4ccccc4N(C)c4c(-c5ccccc5)cccc4-c4ccccc4)c1)cc2n3-c1cc(C(C)(C)C)ccn1. The highest BCUT2D eigenvalue weighted by Crippen LogP contribution is 2.45. The standard InChI is InChI=1S/C55H49BN4O/c1-36(2)56-45-26-17-29-49-52(45)53-46(56)34-42(35-50(53)60(49)51-32-39(30-31-57-51)55(3,4)5)61-41-23-15-22-40(33-41)58-47-27-13-14-28-48(47)59(6)54-43(37-18-9-7-10-19-37)24-16-25-44(54)38-20-11-8-12-21-38/h7-36,58H,1-6H3. The van der Waals surface area contributed by atoms with Gasteiger partial charge in [-0.1, -0.05) is 161 Å². The van der Waals surface area contributed by atoms with E-state index in [1.165, 1.54) is 55.0 Å². The lowest BCUT2D eigenvalue weighted by Gasteiger charge is -2.28. The number of nitrogens with one attached hydrogen (secondary N) is 1. The number of rotatable bonds is 10. The summed E-state index contributed by atoms with van der Waals surface area (Å²) in [6, 6.07) is 60.3. The smallest absolute Gasteiger partial charge is 0.213 e. The fourth-order valence-electron chi connectivity index (χ4n) is 9.45. The highest BCUT2D eigenvalue weighted by molar-refractivity contribution is 6.93. The predicted octanol–water partition coefficient (Wildman–Crippen LogP) is 13.4. The molecular weight excluding hydrogens is 743 g/mol. The van der Waals surface area contributed by atoms with E-state index < -0.39 is 0 Å². The Kier molecular flexibility index (Phi) is 9.52. The number of aromatic nitrogens is 2. The minimum Gasteiger partial charge on any atom is -0.457 e. The molecule has 0 fully saturated rings. The molecular formula is C55H49BN4O. The zero-order valence-electron chi connectivity index (χ0n) is 35.6. The molecule has 0 atom stereocenters. The zero-order chi connectivity index (χ0) is 41.8. The molecule has 0 spiro atoms. The first-order valence-electron chi connectivity index (χ1n) is 21.3. The van der Waals surface area contributed by atoms with Crippen molar-refractivity contribution in [3.63, 3.8) is 0 Å². The van der Waals surface area contributed by atoms with Crippen LogP contribution in [-0.4, -0.2) is 23.3 Å². The van der Waals surface area contributed by atoms with Crippen LogP contribution in [0.1, 0.15) is 40.2 Å². The van der Waals surface area contributed by atoms with Gasteiger partial charge in [-0.15, -0.1) is 0 Å². The van der Waals surface area contributed by atoms with Crippen molar-refractivity contribution in [1.82, 2.24) is 9.55 Å². The Morgan fingerprint density at radius 2 is 1.28 bits per heavy atom. The minimum absolute atomic E-state index is 0.00637. The van der Waals surface area contributed by atoms with Crippen LogP contribution in [0.3, 0.4) is 0 Å². The third-order valence-electron chi connectivity index (χ3n) is 12.3. The van der Waals surface area contributed by atoms with Gasteiger partial charge in [-0.25, -0.2) is 4.98 Å². The third-order valence-corrected chi connectivity index (χ3v) is 12.3. The lowest BCUT2D eigenvalue weighted by atomic mass is 9.36. The van der Waals surface area contributed by atoms with E-state index in [9.17, 15) is 0 Å². The summed E-state index contributed by atoms with van der Waals surface area (Å²) >= 11 is 0. The Morgan fingerprint density at radius 1 is 0.623 bits per heavy atom. The highest BCUT2D eigenvalue weighted by atomic mass is 16.5. The summed E-state index contributed by atoms with van der Waals surface area (Å²) in [7, 11) is 2.16. The topological polar surface area (TPSA) is 42.3 Å². The largest absolute Gasteiger partial charge is 0.457 e. The van der Waals surface area contributed by atoms with Crippen molar-refractivity contribution in [3.8, 4) is 39.6 Å². The number of anilines is 4. The summed E-state index contributed by atoms with van der Waals surface area (Å²) in [4.78, 5) is 7.27. The van der Waals surface area contributed by atoms with Gasteiger partial charge in [-0.2, -0.15) is 0 Å². The van der Waals surface area contributed by atoms with Gasteiger partial charge >= 0.3 is 0 Å². The second-order valence-corrected chi connectivity index (χ2v) is 17.6. The summed E-state index contributed by atoms with van der Waals surface area (Å²) in [5.74, 6) is 2.91. The van der Waals surface area contributed by atoms with Crippen LogP contribution >= 0.6 is 0 Å². The number of para-hydroxylation sites is 3. The van der Waals surface area contributed by atoms with Crippen LogP contribution in [0.25, 0.3) is 49.9 Å². The van der Waals surface area contributed by atoms with Gasteiger partial charge in [0.2, 0.25) is 6.71 Å². The third kappa shape index (κ3) is 6.82. The Morgan fingerprint density at radius 3 is 1.98 bits per heavy atom. The van der Waals surface area contributed by atoms with E-state index in [4.69, 9.17) is 9.72 Å². The molecule has 298 valence electrons. The van der Waals surface area contributed by atoms with Gasteiger partial charge in [0.15, 0.2) is 0 Å². The molecule has 7 aromatic carbocycles. The molecule has 0 saturated carbocycles. The monoisotopic (exact) mass is 792 g/mol. The average Bonchev–Trinajstić information content (AvgIpc) is 3.80. The average molecular weight is 793 g/mol. The maximum Gasteiger partial charge on any atom is 0.213 e. The van der Waals surface area contributed by atoms with E-state index >= 15 is 0 Å². The molecule has 61 heavy (non-hydrogen) atoms. The molecule has 3 heterocycles. The first-order chi connectivity index (χ1) is 29.6. The Labute approximate surface area is 359 Å². The second-order valence-electron chi connectivity index (χ2n) is 17.6. The molecule has 0 aliphatic carbocycles. The fourth-order valence-corrected chi connectivity index (χ4v) is 9.45. The summed E-state index contributed by atoms with van der Waals surface area (Å²) in [5.41, 5.74) is 15.0. The molecule has 9 aromatic rings. The normalized spacial score (nSPS) is 12.2. The maximum absolute atomic E-state index is 6.88. The number of nitrogens with zero attached hydrogens (tertiary/aromatic N) is 3. The van der Waals surface area contributed by atoms with Gasteiger partial charge in [0.25, 0.3) is 0 Å². The van der Waals surface area contributed by atoms with Gasteiger partial charge in [-0.05, 0) is 70.6 Å². The maximum atomic E-state index is 6.88. The first kappa shape index (κ1) is 38.2. The van der Waals surface area contributed by atoms with Crippen LogP contribution < -0.4 is 25.9 Å². The molecule has 0 amide bonds. The molecule has 0 unspecified atom stereocenters. The molecule has 5 nitrogen and oxygen atoms in total. The Bertz CT molecular complexity index is 3020. The predicted molar refractivity (Wildman–Crippen MR) is 259 cm³/mol. The van der Waals surface area contributed by atoms with Crippen LogP contribution in [0.2, 0.25) is 5.82 Å². The van der Waals surface area contributed by atoms with Crippen LogP contribution in [0.15, 0.2) is 176 Å². The second kappa shape index (κ2) is 15.2. The van der Waals surface area contributed by atoms with E-state index in [0.717, 1.165) is 45.6 Å². The Balaban J connectivity index is 1.02. The van der Waals surface area contributed by atoms with E-state index in [1.54, 1.807) is 0 Å². The quantitative estimate of drug-likeness (QED) is 0.140. The fraction of sp³-hybridized carbons (Fsp3) is 0.145. The van der Waals surface area contributed by atoms with E-state index in [1.807, 2.05) is 12.3 Å². The van der Waals surface area contributed by atoms with Gasteiger partial charge < -0.3 is 15.0 Å². The van der Waals surface area contributed by atoms with Gasteiger partial charge in [0, 0.05) is 53.0 Å². The van der Waals surface area contributed by atoms with Crippen LogP contribution in [0.4, 0.5) is 22.7 Å². The van der Waals surface area contributed by atoms with Crippen molar-refractivity contribution in [3.05, 3.63) is 182 Å². The first-order valence-corrected chi connectivity index (χ1v) is 21.3. The van der Waals surface area contributed by atoms with Gasteiger partial charge in [0.05, 0.1) is 28.1 Å². The van der Waals surface area contributed by atoms with E-state index in [0.29, 0.717) is 5.82 Å². The lowest BCUT2D eigenvalue weighted by Crippen LogP contribution is -2.41. The van der Waals surface area contributed by atoms with E-state index in [-0.39, 0.29) is 12.1 Å². The lowest BCUT2D eigenvalue weighted by molar-refractivity contribution is 0.484. The highest BCUT2D eigenvalue weighted by Gasteiger charge is 2.36. The summed E-state index contributed by atoms with van der Waals surface area (Å²) in [6.45, 7) is 11.7. The van der Waals surface area contributed by atoms with Gasteiger partial charge in [0.1, 0.15) is 17.3 Å². The van der Waals surface area contributed by atoms with Crippen LogP contribution in [0, 0.1) is 0 Å². The van der Waals surface area contributed by atoms with Crippen molar-refractivity contribution in [2.24, 2.45) is 0 Å². The van der Waals surface area contributed by atoms with Crippen molar-refractivity contribution in [1.29, 1.82) is 0 Å². The molecule has 1 aliphatic rings. The number of ether oxygens (including phenoxy) is 1. The summed E-state index contributed by atoms with van der Waals surface area (Å²) in [5, 5.41) is 6.41. The number of hydrogen-bond acceptors (Lipinski definition) is 4. The molecule has 0 radical (unpaired) electrons. The molecule has 6 heteroatoms. The molecule has 0 saturated heterocycles. The molecule has 1 N–H and O–H groups in total. The van der Waals surface area contributed by atoms with Crippen LogP contribution in [-0.2, 0) is 5.41 Å². The van der Waals surface area contributed by atoms with Gasteiger partial charge in [-0.3, -0.25) is 4.57 Å². The number of benzene rings is 7. The summed E-state index contributed by atoms with van der Waals surface area (Å²) < 4.78 is 9.21. The Hall–Kier alpha value is -7.05. The summed E-state index contributed by atoms with van der Waals surface area (Å²) in [6.07, 6.45) is 1.94. The number of pyridine rings is 1.